The Labute approximate surface area is 202 Å². The fourth-order valence-electron chi connectivity index (χ4n) is 4.91. The molecule has 0 saturated carbocycles. The summed E-state index contributed by atoms with van der Waals surface area (Å²) in [6, 6.07) is 0. The molecule has 0 unspecified atom stereocenters. The van der Waals surface area contributed by atoms with Crippen LogP contribution in [0.25, 0.3) is 0 Å². The van der Waals surface area contributed by atoms with E-state index in [4.69, 9.17) is 0 Å². The van der Waals surface area contributed by atoms with Crippen molar-refractivity contribution in [2.24, 2.45) is 0 Å². The molecule has 0 amide bonds. The van der Waals surface area contributed by atoms with Gasteiger partial charge in [0.15, 0.2) is 0 Å². The van der Waals surface area contributed by atoms with E-state index in [2.05, 4.69) is 42.3 Å². The van der Waals surface area contributed by atoms with E-state index in [-0.39, 0.29) is 0 Å². The Morgan fingerprint density at radius 2 is 0.969 bits per heavy atom. The molecule has 0 fully saturated rings. The molecule has 188 valence electrons. The zero-order valence-electron chi connectivity index (χ0n) is 22.5. The molecule has 1 aromatic rings. The summed E-state index contributed by atoms with van der Waals surface area (Å²) in [6.07, 6.45) is 35.5. The minimum Gasteiger partial charge on any atom is -0.234 e. The highest BCUT2D eigenvalue weighted by molar-refractivity contribution is 4.84. The molecular weight excluding hydrogens is 388 g/mol. The third-order valence-corrected chi connectivity index (χ3v) is 7.10. The lowest BCUT2D eigenvalue weighted by Gasteiger charge is -2.07. The number of unbranched alkanes of at least 4 members (excludes halogenated alkanes) is 18. The summed E-state index contributed by atoms with van der Waals surface area (Å²) in [4.78, 5) is 0. The molecule has 0 N–H and O–H groups in total. The first kappa shape index (κ1) is 29.2. The van der Waals surface area contributed by atoms with Gasteiger partial charge in [-0.2, -0.15) is 0 Å². The average molecular weight is 448 g/mol. The maximum absolute atomic E-state index is 2.60. The van der Waals surface area contributed by atoms with Gasteiger partial charge in [0.05, 0.1) is 13.1 Å². The van der Waals surface area contributed by atoms with E-state index in [9.17, 15) is 0 Å². The molecule has 0 aromatic carbocycles. The maximum atomic E-state index is 2.60. The Hall–Kier alpha value is -0.790. The Balaban J connectivity index is 2.36. The van der Waals surface area contributed by atoms with Crippen molar-refractivity contribution in [2.45, 2.75) is 175 Å². The van der Waals surface area contributed by atoms with Crippen molar-refractivity contribution in [1.82, 2.24) is 4.57 Å². The molecule has 0 radical (unpaired) electrons. The van der Waals surface area contributed by atoms with Crippen LogP contribution in [0.15, 0.2) is 12.4 Å². The van der Waals surface area contributed by atoms with Gasteiger partial charge < -0.3 is 0 Å². The molecular formula is C30H59N2+. The molecule has 1 aromatic heterocycles. The van der Waals surface area contributed by atoms with Crippen molar-refractivity contribution in [2.75, 3.05) is 0 Å². The highest BCUT2D eigenvalue weighted by Crippen LogP contribution is 2.13. The van der Waals surface area contributed by atoms with Crippen molar-refractivity contribution < 1.29 is 4.57 Å². The number of rotatable bonds is 24. The number of imidazole rings is 1. The smallest absolute Gasteiger partial charge is 0.234 e. The first-order valence-corrected chi connectivity index (χ1v) is 14.9. The minimum atomic E-state index is 1.23. The van der Waals surface area contributed by atoms with E-state index in [0.29, 0.717) is 0 Å². The van der Waals surface area contributed by atoms with E-state index in [0.717, 1.165) is 0 Å². The Morgan fingerprint density at radius 1 is 0.531 bits per heavy atom. The van der Waals surface area contributed by atoms with Crippen LogP contribution in [0, 0.1) is 0 Å². The average Bonchev–Trinajstić information content (AvgIpc) is 3.18. The SMILES string of the molecule is CCCCCCCCCCCn1cc[n+](CCCCCCCCC)c1CCCCCCC. The highest BCUT2D eigenvalue weighted by atomic mass is 15.1. The number of hydrogen-bond acceptors (Lipinski definition) is 0. The summed E-state index contributed by atoms with van der Waals surface area (Å²) in [7, 11) is 0. The van der Waals surface area contributed by atoms with Gasteiger partial charge in [-0.1, -0.05) is 124 Å². The molecule has 2 nitrogen and oxygen atoms in total. The van der Waals surface area contributed by atoms with Crippen molar-refractivity contribution in [3.05, 3.63) is 18.2 Å². The van der Waals surface area contributed by atoms with Crippen molar-refractivity contribution >= 4 is 0 Å². The first-order valence-electron chi connectivity index (χ1n) is 14.9. The zero-order valence-corrected chi connectivity index (χ0v) is 22.5. The second-order valence-corrected chi connectivity index (χ2v) is 10.2. The minimum absolute atomic E-state index is 1.23. The van der Waals surface area contributed by atoms with Crippen LogP contribution >= 0.6 is 0 Å². The summed E-state index contributed by atoms with van der Waals surface area (Å²) in [5.41, 5.74) is 0. The van der Waals surface area contributed by atoms with Gasteiger partial charge in [0.1, 0.15) is 12.4 Å². The van der Waals surface area contributed by atoms with Crippen molar-refractivity contribution in [3.8, 4) is 0 Å². The highest BCUT2D eigenvalue weighted by Gasteiger charge is 2.16. The summed E-state index contributed by atoms with van der Waals surface area (Å²) in [5.74, 6) is 1.60. The molecule has 2 heteroatoms. The summed E-state index contributed by atoms with van der Waals surface area (Å²) >= 11 is 0. The Bertz CT molecular complexity index is 505. The van der Waals surface area contributed by atoms with Crippen LogP contribution in [-0.4, -0.2) is 4.57 Å². The second kappa shape index (κ2) is 22.0. The molecule has 0 atom stereocenters. The molecule has 0 aliphatic carbocycles. The van der Waals surface area contributed by atoms with Gasteiger partial charge in [-0.05, 0) is 32.1 Å². The van der Waals surface area contributed by atoms with Crippen molar-refractivity contribution in [1.29, 1.82) is 0 Å². The molecule has 1 rings (SSSR count). The van der Waals surface area contributed by atoms with Gasteiger partial charge in [-0.15, -0.1) is 0 Å². The maximum Gasteiger partial charge on any atom is 0.256 e. The molecule has 1 heterocycles. The number of aryl methyl sites for hydroxylation is 2. The zero-order chi connectivity index (χ0) is 23.1. The molecule has 0 aliphatic rings. The van der Waals surface area contributed by atoms with E-state index in [1.165, 1.54) is 154 Å². The number of aromatic nitrogens is 2. The summed E-state index contributed by atoms with van der Waals surface area (Å²) < 4.78 is 5.20. The van der Waals surface area contributed by atoms with E-state index < -0.39 is 0 Å². The van der Waals surface area contributed by atoms with Gasteiger partial charge >= 0.3 is 0 Å². The summed E-state index contributed by atoms with van der Waals surface area (Å²) in [6.45, 7) is 9.37. The monoisotopic (exact) mass is 447 g/mol. The molecule has 0 saturated heterocycles. The van der Waals surface area contributed by atoms with Crippen LogP contribution in [0.3, 0.4) is 0 Å². The lowest BCUT2D eigenvalue weighted by molar-refractivity contribution is -0.704. The molecule has 0 aliphatic heterocycles. The van der Waals surface area contributed by atoms with Crippen LogP contribution in [0.4, 0.5) is 0 Å². The topological polar surface area (TPSA) is 8.81 Å². The molecule has 32 heavy (non-hydrogen) atoms. The van der Waals surface area contributed by atoms with E-state index >= 15 is 0 Å². The third kappa shape index (κ3) is 15.1. The van der Waals surface area contributed by atoms with Crippen LogP contribution < -0.4 is 4.57 Å². The standard InChI is InChI=1S/C30H59N2/c1-4-7-10-13-15-16-18-21-24-27-32-29-28-31(26-23-20-17-14-11-8-5-2)30(32)25-22-19-12-9-6-3/h28-29H,4-27H2,1-3H3/q+1. The van der Waals surface area contributed by atoms with Gasteiger partial charge in [0, 0.05) is 6.42 Å². The predicted octanol–water partition coefficient (Wildman–Crippen LogP) is 9.57. The van der Waals surface area contributed by atoms with Crippen molar-refractivity contribution in [3.63, 3.8) is 0 Å². The fraction of sp³-hybridized carbons (Fsp3) is 0.900. The number of nitrogens with zero attached hydrogens (tertiary/aromatic N) is 2. The second-order valence-electron chi connectivity index (χ2n) is 10.2. The van der Waals surface area contributed by atoms with Crippen LogP contribution in [-0.2, 0) is 19.5 Å². The van der Waals surface area contributed by atoms with E-state index in [1.54, 1.807) is 5.82 Å². The van der Waals surface area contributed by atoms with Crippen LogP contribution in [0.5, 0.6) is 0 Å². The summed E-state index contributed by atoms with van der Waals surface area (Å²) in [5, 5.41) is 0. The van der Waals surface area contributed by atoms with Gasteiger partial charge in [0.2, 0.25) is 0 Å². The largest absolute Gasteiger partial charge is 0.256 e. The first-order chi connectivity index (χ1) is 15.8. The van der Waals surface area contributed by atoms with Gasteiger partial charge in [-0.25, -0.2) is 9.13 Å². The predicted molar refractivity (Wildman–Crippen MR) is 142 cm³/mol. The van der Waals surface area contributed by atoms with E-state index in [1.807, 2.05) is 0 Å². The fourth-order valence-corrected chi connectivity index (χ4v) is 4.91. The molecule has 0 bridgehead atoms. The van der Waals surface area contributed by atoms with Gasteiger partial charge in [0.25, 0.3) is 5.82 Å². The van der Waals surface area contributed by atoms with Crippen LogP contribution in [0.2, 0.25) is 0 Å². The quantitative estimate of drug-likeness (QED) is 0.110. The Kier molecular flexibility index (Phi) is 20.1. The van der Waals surface area contributed by atoms with Crippen LogP contribution in [0.1, 0.15) is 161 Å². The lowest BCUT2D eigenvalue weighted by Crippen LogP contribution is -2.37. The Morgan fingerprint density at radius 3 is 1.50 bits per heavy atom. The number of hydrogen-bond donors (Lipinski definition) is 0. The lowest BCUT2D eigenvalue weighted by atomic mass is 10.1. The van der Waals surface area contributed by atoms with Gasteiger partial charge in [-0.3, -0.25) is 0 Å². The normalized spacial score (nSPS) is 11.5. The molecule has 0 spiro atoms. The third-order valence-electron chi connectivity index (χ3n) is 7.10.